The minimum atomic E-state index is -0.262. The Bertz CT molecular complexity index is 530. The summed E-state index contributed by atoms with van der Waals surface area (Å²) in [5, 5.41) is 12.9. The van der Waals surface area contributed by atoms with Crippen molar-refractivity contribution in [3.8, 4) is 0 Å². The van der Waals surface area contributed by atoms with Gasteiger partial charge in [-0.1, -0.05) is 36.2 Å². The van der Waals surface area contributed by atoms with E-state index in [4.69, 9.17) is 0 Å². The lowest BCUT2D eigenvalue weighted by Crippen LogP contribution is -2.44. The number of likely N-dealkylation sites (N-methyl/N-ethyl adjacent to an activating group) is 1. The van der Waals surface area contributed by atoms with Crippen LogP contribution in [-0.2, 0) is 0 Å². The number of urea groups is 1. The third kappa shape index (κ3) is 4.95. The van der Waals surface area contributed by atoms with Crippen molar-refractivity contribution >= 4 is 6.03 Å². The molecular formula is C19H31N3O2. The lowest BCUT2D eigenvalue weighted by Gasteiger charge is -2.28. The Morgan fingerprint density at radius 1 is 1.25 bits per heavy atom. The van der Waals surface area contributed by atoms with Crippen molar-refractivity contribution in [3.63, 3.8) is 0 Å². The zero-order chi connectivity index (χ0) is 17.7. The topological polar surface area (TPSA) is 55.8 Å². The highest BCUT2D eigenvalue weighted by molar-refractivity contribution is 5.73. The van der Waals surface area contributed by atoms with Gasteiger partial charge in [-0.25, -0.2) is 4.79 Å². The van der Waals surface area contributed by atoms with E-state index in [-0.39, 0.29) is 24.1 Å². The highest BCUT2D eigenvalue weighted by Crippen LogP contribution is 2.26. The molecule has 0 saturated heterocycles. The summed E-state index contributed by atoms with van der Waals surface area (Å²) in [6, 6.07) is 8.49. The van der Waals surface area contributed by atoms with E-state index in [1.54, 1.807) is 11.9 Å². The molecular weight excluding hydrogens is 302 g/mol. The lowest BCUT2D eigenvalue weighted by molar-refractivity contribution is 0.113. The molecule has 2 amide bonds. The normalized spacial score (nSPS) is 21.8. The summed E-state index contributed by atoms with van der Waals surface area (Å²) < 4.78 is 0. The molecule has 0 heterocycles. The van der Waals surface area contributed by atoms with E-state index in [9.17, 15) is 9.90 Å². The highest BCUT2D eigenvalue weighted by atomic mass is 16.3. The number of hydrogen-bond acceptors (Lipinski definition) is 3. The molecule has 2 rings (SSSR count). The second-order valence-corrected chi connectivity index (χ2v) is 7.21. The Labute approximate surface area is 145 Å². The molecule has 3 unspecified atom stereocenters. The van der Waals surface area contributed by atoms with Crippen LogP contribution >= 0.6 is 0 Å². The van der Waals surface area contributed by atoms with Crippen LogP contribution in [0.25, 0.3) is 0 Å². The number of nitrogens with one attached hydrogen (secondary N) is 1. The number of hydrogen-bond donors (Lipinski definition) is 2. The quantitative estimate of drug-likeness (QED) is 0.840. The van der Waals surface area contributed by atoms with Gasteiger partial charge in [0.1, 0.15) is 0 Å². The molecule has 1 aromatic rings. The molecule has 3 atom stereocenters. The van der Waals surface area contributed by atoms with E-state index in [0.717, 1.165) is 19.3 Å². The first-order valence-corrected chi connectivity index (χ1v) is 8.78. The number of carbonyl (C=O) groups excluding carboxylic acids is 1. The summed E-state index contributed by atoms with van der Waals surface area (Å²) in [5.41, 5.74) is 2.43. The third-order valence-electron chi connectivity index (χ3n) is 5.01. The number of aliphatic hydroxyl groups is 1. The largest absolute Gasteiger partial charge is 0.393 e. The van der Waals surface area contributed by atoms with Gasteiger partial charge in [-0.3, -0.25) is 0 Å². The van der Waals surface area contributed by atoms with Gasteiger partial charge in [0, 0.05) is 26.1 Å². The first-order chi connectivity index (χ1) is 11.4. The SMILES string of the molecule is Cc1ccc(C(CNC(=O)N(C)CC2CCCC2O)N(C)C)cc1. The van der Waals surface area contributed by atoms with Crippen molar-refractivity contribution < 1.29 is 9.90 Å². The summed E-state index contributed by atoms with van der Waals surface area (Å²) in [4.78, 5) is 16.2. The van der Waals surface area contributed by atoms with Gasteiger partial charge in [-0.15, -0.1) is 0 Å². The van der Waals surface area contributed by atoms with Crippen LogP contribution in [-0.4, -0.2) is 61.3 Å². The Morgan fingerprint density at radius 3 is 2.46 bits per heavy atom. The molecule has 0 spiro atoms. The highest BCUT2D eigenvalue weighted by Gasteiger charge is 2.27. The molecule has 1 aromatic carbocycles. The molecule has 1 aliphatic carbocycles. The summed E-state index contributed by atoms with van der Waals surface area (Å²) in [5.74, 6) is 0.211. The maximum absolute atomic E-state index is 12.4. The van der Waals surface area contributed by atoms with Crippen molar-refractivity contribution in [2.45, 2.75) is 38.3 Å². The Balaban J connectivity index is 1.88. The fourth-order valence-corrected chi connectivity index (χ4v) is 3.37. The first-order valence-electron chi connectivity index (χ1n) is 8.78. The number of benzene rings is 1. The molecule has 5 nitrogen and oxygen atoms in total. The molecule has 1 aliphatic rings. The van der Waals surface area contributed by atoms with E-state index in [1.165, 1.54) is 11.1 Å². The molecule has 0 bridgehead atoms. The van der Waals surface area contributed by atoms with E-state index in [2.05, 4.69) is 41.4 Å². The Kier molecular flexibility index (Phi) is 6.63. The van der Waals surface area contributed by atoms with Crippen molar-refractivity contribution in [2.24, 2.45) is 5.92 Å². The molecule has 0 aromatic heterocycles. The van der Waals surface area contributed by atoms with Gasteiger partial charge < -0.3 is 20.2 Å². The smallest absolute Gasteiger partial charge is 0.317 e. The molecule has 5 heteroatoms. The van der Waals surface area contributed by atoms with Crippen LogP contribution in [0.4, 0.5) is 4.79 Å². The van der Waals surface area contributed by atoms with Crippen molar-refractivity contribution in [3.05, 3.63) is 35.4 Å². The number of nitrogens with zero attached hydrogens (tertiary/aromatic N) is 2. The number of carbonyl (C=O) groups is 1. The van der Waals surface area contributed by atoms with Crippen LogP contribution in [0.15, 0.2) is 24.3 Å². The molecule has 1 fully saturated rings. The average Bonchev–Trinajstić information content (AvgIpc) is 2.93. The molecule has 134 valence electrons. The number of aryl methyl sites for hydroxylation is 1. The zero-order valence-corrected chi connectivity index (χ0v) is 15.3. The summed E-state index contributed by atoms with van der Waals surface area (Å²) >= 11 is 0. The second-order valence-electron chi connectivity index (χ2n) is 7.21. The lowest BCUT2D eigenvalue weighted by atomic mass is 10.0. The fourth-order valence-electron chi connectivity index (χ4n) is 3.37. The van der Waals surface area contributed by atoms with Crippen molar-refractivity contribution in [1.29, 1.82) is 0 Å². The minimum Gasteiger partial charge on any atom is -0.393 e. The van der Waals surface area contributed by atoms with Gasteiger partial charge in [-0.2, -0.15) is 0 Å². The van der Waals surface area contributed by atoms with Crippen molar-refractivity contribution in [1.82, 2.24) is 15.1 Å². The van der Waals surface area contributed by atoms with Crippen LogP contribution in [0.1, 0.15) is 36.4 Å². The first kappa shape index (κ1) is 18.7. The van der Waals surface area contributed by atoms with Gasteiger partial charge >= 0.3 is 6.03 Å². The predicted octanol–water partition coefficient (Wildman–Crippen LogP) is 2.40. The number of amides is 2. The molecule has 1 saturated carbocycles. The number of aliphatic hydroxyl groups excluding tert-OH is 1. The van der Waals surface area contributed by atoms with Gasteiger partial charge in [-0.05, 0) is 39.4 Å². The van der Waals surface area contributed by atoms with Crippen LogP contribution in [0.3, 0.4) is 0 Å². The molecule has 24 heavy (non-hydrogen) atoms. The van der Waals surface area contributed by atoms with E-state index < -0.39 is 0 Å². The van der Waals surface area contributed by atoms with Gasteiger partial charge in [0.15, 0.2) is 0 Å². The number of rotatable bonds is 6. The standard InChI is InChI=1S/C19H31N3O2/c1-14-8-10-15(11-9-14)17(21(2)3)12-20-19(24)22(4)13-16-6-5-7-18(16)23/h8-11,16-18,23H,5-7,12-13H2,1-4H3,(H,20,24). The van der Waals surface area contributed by atoms with Gasteiger partial charge in [0.2, 0.25) is 0 Å². The predicted molar refractivity (Wildman–Crippen MR) is 97.0 cm³/mol. The molecule has 0 aliphatic heterocycles. The second kappa shape index (κ2) is 8.49. The van der Waals surface area contributed by atoms with Crippen LogP contribution in [0, 0.1) is 12.8 Å². The van der Waals surface area contributed by atoms with Gasteiger partial charge in [0.25, 0.3) is 0 Å². The maximum Gasteiger partial charge on any atom is 0.317 e. The van der Waals surface area contributed by atoms with Crippen LogP contribution in [0.2, 0.25) is 0 Å². The van der Waals surface area contributed by atoms with E-state index >= 15 is 0 Å². The minimum absolute atomic E-state index is 0.0759. The summed E-state index contributed by atoms with van der Waals surface area (Å²) in [6.07, 6.45) is 2.65. The zero-order valence-electron chi connectivity index (χ0n) is 15.3. The van der Waals surface area contributed by atoms with Crippen LogP contribution < -0.4 is 5.32 Å². The third-order valence-corrected chi connectivity index (χ3v) is 5.01. The fraction of sp³-hybridized carbons (Fsp3) is 0.632. The maximum atomic E-state index is 12.4. The van der Waals surface area contributed by atoms with Crippen LogP contribution in [0.5, 0.6) is 0 Å². The molecule has 2 N–H and O–H groups in total. The Hall–Kier alpha value is -1.59. The monoisotopic (exact) mass is 333 g/mol. The van der Waals surface area contributed by atoms with E-state index in [0.29, 0.717) is 13.1 Å². The Morgan fingerprint density at radius 2 is 1.92 bits per heavy atom. The average molecular weight is 333 g/mol. The van der Waals surface area contributed by atoms with Gasteiger partial charge in [0.05, 0.1) is 12.1 Å². The van der Waals surface area contributed by atoms with Crippen molar-refractivity contribution in [2.75, 3.05) is 34.2 Å². The molecule has 0 radical (unpaired) electrons. The summed E-state index contributed by atoms with van der Waals surface area (Å²) in [6.45, 7) is 3.25. The summed E-state index contributed by atoms with van der Waals surface area (Å²) in [7, 11) is 5.85. The van der Waals surface area contributed by atoms with E-state index in [1.807, 2.05) is 14.1 Å².